The average Bonchev–Trinajstić information content (AvgIpc) is 3.30. The van der Waals surface area contributed by atoms with Crippen molar-refractivity contribution in [1.29, 1.82) is 5.26 Å². The third-order valence-corrected chi connectivity index (χ3v) is 8.12. The minimum Gasteiger partial charge on any atom is -0.392 e. The van der Waals surface area contributed by atoms with Gasteiger partial charge in [-0.3, -0.25) is 0 Å². The highest BCUT2D eigenvalue weighted by molar-refractivity contribution is 7.10. The van der Waals surface area contributed by atoms with Crippen molar-refractivity contribution < 1.29 is 10.2 Å². The molecule has 4 heteroatoms. The van der Waals surface area contributed by atoms with Crippen LogP contribution in [-0.2, 0) is 5.41 Å². The second-order valence-electron chi connectivity index (χ2n) is 8.80. The van der Waals surface area contributed by atoms with E-state index in [1.165, 1.54) is 24.1 Å². The summed E-state index contributed by atoms with van der Waals surface area (Å²) in [6.45, 7) is 2.19. The minimum atomic E-state index is -0.461. The number of unbranched alkanes of at least 4 members (excludes halogenated alkanes) is 2. The number of thiophene rings is 1. The predicted octanol–water partition coefficient (Wildman–Crippen LogP) is 5.75. The molecular weight excluding hydrogens is 378 g/mol. The van der Waals surface area contributed by atoms with Crippen molar-refractivity contribution in [2.75, 3.05) is 0 Å². The molecule has 0 aliphatic heterocycles. The molecule has 2 aliphatic rings. The Hall–Kier alpha value is -1.41. The molecule has 1 aromatic heterocycles. The van der Waals surface area contributed by atoms with Gasteiger partial charge in [-0.05, 0) is 55.9 Å². The van der Waals surface area contributed by atoms with Gasteiger partial charge >= 0.3 is 0 Å². The van der Waals surface area contributed by atoms with Gasteiger partial charge in [-0.2, -0.15) is 5.26 Å². The third kappa shape index (κ3) is 5.02. The molecule has 5 atom stereocenters. The molecule has 3 nitrogen and oxygen atoms in total. The van der Waals surface area contributed by atoms with Crippen LogP contribution in [0.3, 0.4) is 0 Å². The average molecular weight is 414 g/mol. The van der Waals surface area contributed by atoms with Gasteiger partial charge in [-0.1, -0.05) is 56.6 Å². The fourth-order valence-corrected chi connectivity index (χ4v) is 6.07. The second-order valence-corrected chi connectivity index (χ2v) is 9.74. The molecule has 2 aliphatic carbocycles. The van der Waals surface area contributed by atoms with Crippen LogP contribution in [0.5, 0.6) is 0 Å². The van der Waals surface area contributed by atoms with Gasteiger partial charge in [-0.15, -0.1) is 11.3 Å². The van der Waals surface area contributed by atoms with Crippen LogP contribution in [0.15, 0.2) is 41.8 Å². The number of hydrogen-bond acceptors (Lipinski definition) is 4. The highest BCUT2D eigenvalue weighted by Gasteiger charge is 2.45. The lowest BCUT2D eigenvalue weighted by atomic mass is 9.63. The quantitative estimate of drug-likeness (QED) is 0.379. The van der Waals surface area contributed by atoms with Crippen molar-refractivity contribution in [3.05, 3.63) is 46.7 Å². The van der Waals surface area contributed by atoms with Gasteiger partial charge in [0.15, 0.2) is 0 Å². The predicted molar refractivity (Wildman–Crippen MR) is 120 cm³/mol. The van der Waals surface area contributed by atoms with Gasteiger partial charge in [0.25, 0.3) is 0 Å². The highest BCUT2D eigenvalue weighted by Crippen LogP contribution is 2.49. The maximum Gasteiger partial charge on any atom is 0.0679 e. The maximum atomic E-state index is 10.9. The molecule has 4 unspecified atom stereocenters. The number of allylic oxidation sites excluding steroid dienone is 2. The number of nitriles is 1. The summed E-state index contributed by atoms with van der Waals surface area (Å²) in [6, 6.07) is 6.63. The summed E-state index contributed by atoms with van der Waals surface area (Å²) in [7, 11) is 0. The van der Waals surface area contributed by atoms with Crippen molar-refractivity contribution in [2.45, 2.75) is 82.3 Å². The Kier molecular flexibility index (Phi) is 8.12. The molecule has 0 bridgehead atoms. The van der Waals surface area contributed by atoms with Crippen molar-refractivity contribution >= 4 is 11.3 Å². The van der Waals surface area contributed by atoms with Crippen molar-refractivity contribution in [3.8, 4) is 6.07 Å². The Balaban J connectivity index is 1.61. The zero-order valence-electron chi connectivity index (χ0n) is 17.5. The first kappa shape index (κ1) is 22.3. The molecule has 3 rings (SSSR count). The van der Waals surface area contributed by atoms with E-state index in [-0.39, 0.29) is 29.3 Å². The van der Waals surface area contributed by atoms with E-state index in [1.54, 1.807) is 11.3 Å². The van der Waals surface area contributed by atoms with Gasteiger partial charge in [0.1, 0.15) is 0 Å². The van der Waals surface area contributed by atoms with Crippen molar-refractivity contribution in [3.63, 3.8) is 0 Å². The molecule has 2 saturated carbocycles. The summed E-state index contributed by atoms with van der Waals surface area (Å²) in [6.07, 6.45) is 16.5. The van der Waals surface area contributed by atoms with Crippen LogP contribution in [0.25, 0.3) is 0 Å². The lowest BCUT2D eigenvalue weighted by Crippen LogP contribution is -2.44. The summed E-state index contributed by atoms with van der Waals surface area (Å²) >= 11 is 1.74. The van der Waals surface area contributed by atoms with Crippen LogP contribution >= 0.6 is 11.3 Å². The maximum absolute atomic E-state index is 10.9. The standard InChI is InChI=1S/C25H35NO2S/c1-2-3-4-5-6-10-20-19(18-26)17-22(27)21(20)11-7-12-23(28)25(14-9-15-25)24-13-8-16-29-24/h5-8,11,13,16,19-23,27-28H,2-4,9-10,12,14-15,17H2,1H3/b6-5-,11-7+/t19?,20?,21?,22-,23?/m1/s1. The molecule has 2 N–H and O–H groups in total. The zero-order chi connectivity index (χ0) is 20.7. The Morgan fingerprint density at radius 3 is 2.79 bits per heavy atom. The molecule has 1 aromatic rings. The van der Waals surface area contributed by atoms with E-state index in [0.29, 0.717) is 12.8 Å². The van der Waals surface area contributed by atoms with E-state index < -0.39 is 6.10 Å². The first-order chi connectivity index (χ1) is 14.1. The summed E-state index contributed by atoms with van der Waals surface area (Å²) < 4.78 is 0. The topological polar surface area (TPSA) is 64.2 Å². The number of hydrogen-bond donors (Lipinski definition) is 2. The first-order valence-corrected chi connectivity index (χ1v) is 12.1. The van der Waals surface area contributed by atoms with E-state index in [1.807, 2.05) is 0 Å². The van der Waals surface area contributed by atoms with Gasteiger partial charge in [0.05, 0.1) is 24.2 Å². The molecular formula is C25H35NO2S. The summed E-state index contributed by atoms with van der Waals surface area (Å²) in [5, 5.41) is 33.1. The highest BCUT2D eigenvalue weighted by atomic mass is 32.1. The van der Waals surface area contributed by atoms with Gasteiger partial charge in [0, 0.05) is 16.2 Å². The van der Waals surface area contributed by atoms with Crippen molar-refractivity contribution in [2.24, 2.45) is 17.8 Å². The lowest BCUT2D eigenvalue weighted by molar-refractivity contribution is 0.0326. The Morgan fingerprint density at radius 1 is 1.34 bits per heavy atom. The lowest BCUT2D eigenvalue weighted by Gasteiger charge is -2.45. The van der Waals surface area contributed by atoms with Crippen LogP contribution in [0, 0.1) is 29.1 Å². The van der Waals surface area contributed by atoms with Crippen LogP contribution < -0.4 is 0 Å². The fourth-order valence-electron chi connectivity index (χ4n) is 5.03. The Morgan fingerprint density at radius 2 is 2.17 bits per heavy atom. The summed E-state index contributed by atoms with van der Waals surface area (Å²) in [5.74, 6) is 0.0717. The van der Waals surface area contributed by atoms with E-state index in [4.69, 9.17) is 0 Å². The molecule has 2 fully saturated rings. The smallest absolute Gasteiger partial charge is 0.0679 e. The summed E-state index contributed by atoms with van der Waals surface area (Å²) in [4.78, 5) is 1.30. The Bertz CT molecular complexity index is 714. The molecule has 0 amide bonds. The molecule has 1 heterocycles. The van der Waals surface area contributed by atoms with Crippen LogP contribution in [0.1, 0.15) is 69.6 Å². The molecule has 0 radical (unpaired) electrons. The van der Waals surface area contributed by atoms with Crippen LogP contribution in [-0.4, -0.2) is 22.4 Å². The van der Waals surface area contributed by atoms with Crippen molar-refractivity contribution in [1.82, 2.24) is 0 Å². The number of nitrogens with zero attached hydrogens (tertiary/aromatic N) is 1. The molecule has 0 aromatic carbocycles. The first-order valence-electron chi connectivity index (χ1n) is 11.2. The van der Waals surface area contributed by atoms with E-state index in [9.17, 15) is 15.5 Å². The van der Waals surface area contributed by atoms with E-state index in [0.717, 1.165) is 25.7 Å². The van der Waals surface area contributed by atoms with E-state index >= 15 is 0 Å². The fraction of sp³-hybridized carbons (Fsp3) is 0.640. The number of rotatable bonds is 10. The third-order valence-electron chi connectivity index (χ3n) is 7.03. The monoisotopic (exact) mass is 413 g/mol. The Labute approximate surface area is 179 Å². The van der Waals surface area contributed by atoms with Gasteiger partial charge < -0.3 is 10.2 Å². The number of aliphatic hydroxyl groups is 2. The summed E-state index contributed by atoms with van der Waals surface area (Å²) in [5.41, 5.74) is -0.0800. The van der Waals surface area contributed by atoms with Gasteiger partial charge in [-0.25, -0.2) is 0 Å². The normalized spacial score (nSPS) is 29.9. The molecule has 0 saturated heterocycles. The SMILES string of the molecule is CCCC/C=C\CC1C(C#N)C[C@@H](O)C1/C=C/CC(O)C1(c2cccs2)CCC1. The number of aliphatic hydroxyl groups excluding tert-OH is 2. The minimum absolute atomic E-state index is 0.00162. The van der Waals surface area contributed by atoms with Crippen LogP contribution in [0.4, 0.5) is 0 Å². The molecule has 29 heavy (non-hydrogen) atoms. The largest absolute Gasteiger partial charge is 0.392 e. The molecule has 0 spiro atoms. The molecule has 158 valence electrons. The van der Waals surface area contributed by atoms with Gasteiger partial charge in [0.2, 0.25) is 0 Å². The van der Waals surface area contributed by atoms with E-state index in [2.05, 4.69) is 54.8 Å². The van der Waals surface area contributed by atoms with Crippen LogP contribution in [0.2, 0.25) is 0 Å². The second kappa shape index (κ2) is 10.6. The zero-order valence-corrected chi connectivity index (χ0v) is 18.4.